The van der Waals surface area contributed by atoms with E-state index in [9.17, 15) is 9.50 Å². The highest BCUT2D eigenvalue weighted by molar-refractivity contribution is 6.62. The zero-order valence-corrected chi connectivity index (χ0v) is 12.7. The number of halogens is 1. The zero-order chi connectivity index (χ0) is 15.1. The maximum atomic E-state index is 13.5. The normalized spacial score (nSPS) is 22.1. The van der Waals surface area contributed by atoms with Crippen molar-refractivity contribution in [2.45, 2.75) is 58.3 Å². The molecule has 0 radical (unpaired) electrons. The molecule has 0 amide bonds. The second-order valence-corrected chi connectivity index (χ2v) is 6.48. The van der Waals surface area contributed by atoms with E-state index in [1.54, 1.807) is 13.0 Å². The molecule has 3 nitrogen and oxygen atoms in total. The van der Waals surface area contributed by atoms with Crippen molar-refractivity contribution in [3.05, 3.63) is 29.6 Å². The van der Waals surface area contributed by atoms with E-state index in [-0.39, 0.29) is 5.82 Å². The Morgan fingerprint density at radius 3 is 2.25 bits per heavy atom. The minimum Gasteiger partial charge on any atom is -0.399 e. The van der Waals surface area contributed by atoms with Crippen LogP contribution in [0.2, 0.25) is 0 Å². The second kappa shape index (κ2) is 5.13. The number of aliphatic hydroxyl groups excluding tert-OH is 1. The predicted molar refractivity (Wildman–Crippen MR) is 77.5 cm³/mol. The average molecular weight is 280 g/mol. The van der Waals surface area contributed by atoms with Gasteiger partial charge in [-0.2, -0.15) is 0 Å². The highest BCUT2D eigenvalue weighted by Crippen LogP contribution is 2.36. The van der Waals surface area contributed by atoms with Gasteiger partial charge < -0.3 is 14.4 Å². The number of benzene rings is 1. The summed E-state index contributed by atoms with van der Waals surface area (Å²) in [5.74, 6) is -0.330. The summed E-state index contributed by atoms with van der Waals surface area (Å²) in [5, 5.41) is 9.57. The first-order chi connectivity index (χ1) is 9.12. The van der Waals surface area contributed by atoms with Crippen molar-refractivity contribution in [2.75, 3.05) is 0 Å². The summed E-state index contributed by atoms with van der Waals surface area (Å²) < 4.78 is 25.5. The molecule has 0 bridgehead atoms. The highest BCUT2D eigenvalue weighted by Gasteiger charge is 2.52. The molecule has 0 aromatic heterocycles. The molecule has 1 aromatic rings. The summed E-state index contributed by atoms with van der Waals surface area (Å²) in [4.78, 5) is 0. The molecule has 110 valence electrons. The highest BCUT2D eigenvalue weighted by atomic mass is 19.1. The van der Waals surface area contributed by atoms with Crippen molar-refractivity contribution in [2.24, 2.45) is 0 Å². The lowest BCUT2D eigenvalue weighted by molar-refractivity contribution is 0.00578. The van der Waals surface area contributed by atoms with Gasteiger partial charge in [-0.25, -0.2) is 4.39 Å². The molecule has 0 spiro atoms. The van der Waals surface area contributed by atoms with E-state index in [2.05, 4.69) is 0 Å². The van der Waals surface area contributed by atoms with Crippen LogP contribution in [0, 0.1) is 5.82 Å². The fourth-order valence-corrected chi connectivity index (χ4v) is 2.26. The molecule has 1 aliphatic heterocycles. The third kappa shape index (κ3) is 2.90. The van der Waals surface area contributed by atoms with Crippen LogP contribution in [0.25, 0.3) is 0 Å². The van der Waals surface area contributed by atoms with Crippen LogP contribution >= 0.6 is 0 Å². The van der Waals surface area contributed by atoms with Gasteiger partial charge in [-0.05, 0) is 64.2 Å². The lowest BCUT2D eigenvalue weighted by Gasteiger charge is -2.32. The van der Waals surface area contributed by atoms with E-state index in [1.807, 2.05) is 27.7 Å². The summed E-state index contributed by atoms with van der Waals surface area (Å²) >= 11 is 0. The third-order valence-electron chi connectivity index (χ3n) is 4.13. The topological polar surface area (TPSA) is 38.7 Å². The molecule has 0 aliphatic carbocycles. The van der Waals surface area contributed by atoms with E-state index in [0.29, 0.717) is 11.9 Å². The van der Waals surface area contributed by atoms with Crippen LogP contribution in [0.15, 0.2) is 18.2 Å². The Labute approximate surface area is 120 Å². The molecular formula is C15H22BFO3. The monoisotopic (exact) mass is 280 g/mol. The molecule has 0 saturated carbocycles. The van der Waals surface area contributed by atoms with Crippen LogP contribution in [0.5, 0.6) is 0 Å². The summed E-state index contributed by atoms with van der Waals surface area (Å²) in [6.45, 7) is 9.54. The van der Waals surface area contributed by atoms with Gasteiger partial charge in [0.25, 0.3) is 0 Å². The number of aliphatic hydroxyl groups is 1. The third-order valence-corrected chi connectivity index (χ3v) is 4.13. The summed E-state index contributed by atoms with van der Waals surface area (Å²) in [6.07, 6.45) is -0.0543. The Bertz CT molecular complexity index is 484. The fourth-order valence-electron chi connectivity index (χ4n) is 2.26. The molecule has 20 heavy (non-hydrogen) atoms. The van der Waals surface area contributed by atoms with Gasteiger partial charge >= 0.3 is 7.12 Å². The Balaban J connectivity index is 2.36. The first kappa shape index (κ1) is 15.5. The zero-order valence-electron chi connectivity index (χ0n) is 12.7. The maximum Gasteiger partial charge on any atom is 0.495 e. The lowest BCUT2D eigenvalue weighted by Crippen LogP contribution is -2.41. The van der Waals surface area contributed by atoms with Gasteiger partial charge in [0, 0.05) is 0 Å². The van der Waals surface area contributed by atoms with E-state index >= 15 is 0 Å². The molecule has 1 aromatic carbocycles. The van der Waals surface area contributed by atoms with Gasteiger partial charge in [0.1, 0.15) is 5.82 Å². The van der Waals surface area contributed by atoms with Crippen LogP contribution in [0.1, 0.15) is 40.2 Å². The van der Waals surface area contributed by atoms with Crippen LogP contribution in [0.4, 0.5) is 4.39 Å². The van der Waals surface area contributed by atoms with E-state index in [4.69, 9.17) is 9.31 Å². The van der Waals surface area contributed by atoms with Crippen LogP contribution in [-0.4, -0.2) is 29.5 Å². The van der Waals surface area contributed by atoms with Gasteiger partial charge in [-0.3, -0.25) is 0 Å². The van der Waals surface area contributed by atoms with Crippen molar-refractivity contribution in [3.8, 4) is 0 Å². The molecular weight excluding hydrogens is 258 g/mol. The Morgan fingerprint density at radius 2 is 1.75 bits per heavy atom. The van der Waals surface area contributed by atoms with Crippen molar-refractivity contribution < 1.29 is 18.8 Å². The summed E-state index contributed by atoms with van der Waals surface area (Å²) in [7, 11) is -0.607. The second-order valence-electron chi connectivity index (χ2n) is 6.48. The average Bonchev–Trinajstić information content (AvgIpc) is 2.50. The standard InChI is InChI=1S/C15H22BFO3/c1-10(18)8-11-6-7-12(17)9-13(11)16-19-14(2,3)15(4,5)20-16/h6-7,9-10,18H,8H2,1-5H3. The van der Waals surface area contributed by atoms with Crippen molar-refractivity contribution in [1.82, 2.24) is 0 Å². The summed E-state index contributed by atoms with van der Waals surface area (Å²) in [6, 6.07) is 4.51. The smallest absolute Gasteiger partial charge is 0.399 e. The predicted octanol–water partition coefficient (Wildman–Crippen LogP) is 2.05. The number of hydrogen-bond donors (Lipinski definition) is 1. The minimum absolute atomic E-state index is 0.330. The Kier molecular flexibility index (Phi) is 3.97. The largest absolute Gasteiger partial charge is 0.495 e. The van der Waals surface area contributed by atoms with Gasteiger partial charge in [-0.15, -0.1) is 0 Å². The number of rotatable bonds is 3. The van der Waals surface area contributed by atoms with E-state index < -0.39 is 24.4 Å². The maximum absolute atomic E-state index is 13.5. The molecule has 1 aliphatic rings. The minimum atomic E-state index is -0.607. The summed E-state index contributed by atoms with van der Waals surface area (Å²) in [5.41, 5.74) is 0.572. The number of hydrogen-bond acceptors (Lipinski definition) is 3. The Hall–Kier alpha value is -0.905. The van der Waals surface area contributed by atoms with Gasteiger partial charge in [0.15, 0.2) is 0 Å². The molecule has 2 rings (SSSR count). The quantitative estimate of drug-likeness (QED) is 0.861. The molecule has 1 fully saturated rings. The van der Waals surface area contributed by atoms with E-state index in [1.165, 1.54) is 12.1 Å². The first-order valence-electron chi connectivity index (χ1n) is 6.94. The van der Waals surface area contributed by atoms with Gasteiger partial charge in [0.2, 0.25) is 0 Å². The van der Waals surface area contributed by atoms with Gasteiger partial charge in [-0.1, -0.05) is 6.07 Å². The van der Waals surface area contributed by atoms with E-state index in [0.717, 1.165) is 5.56 Å². The fraction of sp³-hybridized carbons (Fsp3) is 0.600. The van der Waals surface area contributed by atoms with Crippen molar-refractivity contribution >= 4 is 12.6 Å². The lowest BCUT2D eigenvalue weighted by atomic mass is 9.75. The first-order valence-corrected chi connectivity index (χ1v) is 6.94. The van der Waals surface area contributed by atoms with Crippen LogP contribution < -0.4 is 5.46 Å². The van der Waals surface area contributed by atoms with Crippen LogP contribution in [0.3, 0.4) is 0 Å². The van der Waals surface area contributed by atoms with Crippen LogP contribution in [-0.2, 0) is 15.7 Å². The molecule has 1 heterocycles. The molecule has 1 atom stereocenters. The van der Waals surface area contributed by atoms with Crippen molar-refractivity contribution in [1.29, 1.82) is 0 Å². The molecule has 5 heteroatoms. The molecule has 1 saturated heterocycles. The SMILES string of the molecule is CC(O)Cc1ccc(F)cc1B1OC(C)(C)C(C)(C)O1. The van der Waals surface area contributed by atoms with Gasteiger partial charge in [0.05, 0.1) is 17.3 Å². The molecule has 1 unspecified atom stereocenters. The van der Waals surface area contributed by atoms with Crippen molar-refractivity contribution in [3.63, 3.8) is 0 Å². The Morgan fingerprint density at radius 1 is 1.20 bits per heavy atom. The molecule has 1 N–H and O–H groups in total.